The maximum absolute atomic E-state index is 11.8. The summed E-state index contributed by atoms with van der Waals surface area (Å²) >= 11 is 1.08. The highest BCUT2D eigenvalue weighted by Gasteiger charge is 2.33. The van der Waals surface area contributed by atoms with Crippen LogP contribution in [-0.2, 0) is 16.3 Å². The highest BCUT2D eigenvalue weighted by Crippen LogP contribution is 2.43. The lowest BCUT2D eigenvalue weighted by Crippen LogP contribution is -2.04. The van der Waals surface area contributed by atoms with Crippen molar-refractivity contribution in [2.24, 2.45) is 5.92 Å². The average Bonchev–Trinajstić information content (AvgIpc) is 2.76. The van der Waals surface area contributed by atoms with E-state index in [-0.39, 0.29) is 9.99 Å². The van der Waals surface area contributed by atoms with Crippen LogP contribution in [0.3, 0.4) is 0 Å². The molecule has 0 saturated carbocycles. The smallest absolute Gasteiger partial charge is 0.185 e. The molecule has 0 aromatic carbocycles. The zero-order chi connectivity index (χ0) is 13.5. The second-order valence-electron chi connectivity index (χ2n) is 4.93. The van der Waals surface area contributed by atoms with Crippen LogP contribution in [0, 0.1) is 5.92 Å². The van der Waals surface area contributed by atoms with Gasteiger partial charge in [0, 0.05) is 18.2 Å². The van der Waals surface area contributed by atoms with Crippen LogP contribution in [-0.4, -0.2) is 27.1 Å². The summed E-state index contributed by atoms with van der Waals surface area (Å²) < 4.78 is 29.2. The van der Waals surface area contributed by atoms with Crippen molar-refractivity contribution in [3.8, 4) is 5.06 Å². The fourth-order valence-corrected chi connectivity index (χ4v) is 4.32. The first-order valence-electron chi connectivity index (χ1n) is 5.82. The third-order valence-corrected chi connectivity index (χ3v) is 5.68. The minimum atomic E-state index is -3.36. The predicted octanol–water partition coefficient (Wildman–Crippen LogP) is 2.32. The van der Waals surface area contributed by atoms with Crippen LogP contribution >= 0.6 is 11.3 Å². The summed E-state index contributed by atoms with van der Waals surface area (Å²) in [5.74, 6) is 0.280. The number of hydrogen-bond acceptors (Lipinski definition) is 5. The molecule has 0 aliphatic heterocycles. The Kier molecular flexibility index (Phi) is 3.51. The maximum atomic E-state index is 11.8. The first-order valence-corrected chi connectivity index (χ1v) is 8.53. The molecule has 1 aliphatic rings. The highest BCUT2D eigenvalue weighted by molar-refractivity contribution is 7.92. The van der Waals surface area contributed by atoms with Crippen molar-refractivity contribution >= 4 is 27.0 Å². The van der Waals surface area contributed by atoms with Crippen LogP contribution < -0.4 is 4.74 Å². The van der Waals surface area contributed by atoms with Crippen molar-refractivity contribution in [3.63, 3.8) is 0 Å². The summed E-state index contributed by atoms with van der Waals surface area (Å²) in [4.78, 5) is 11.8. The second kappa shape index (κ2) is 4.66. The van der Waals surface area contributed by atoms with E-state index in [1.54, 1.807) is 0 Å². The van der Waals surface area contributed by atoms with Crippen LogP contribution in [0.4, 0.5) is 0 Å². The van der Waals surface area contributed by atoms with E-state index in [0.717, 1.165) is 23.2 Å². The molecule has 0 spiro atoms. The Morgan fingerprint density at radius 3 is 2.56 bits per heavy atom. The fourth-order valence-electron chi connectivity index (χ4n) is 1.91. The Hall–Kier alpha value is -0.880. The van der Waals surface area contributed by atoms with Crippen molar-refractivity contribution in [2.75, 3.05) is 12.9 Å². The summed E-state index contributed by atoms with van der Waals surface area (Å²) in [6, 6.07) is 0. The number of sulfone groups is 1. The van der Waals surface area contributed by atoms with Gasteiger partial charge in [-0.15, -0.1) is 0 Å². The Balaban J connectivity index is 2.45. The van der Waals surface area contributed by atoms with Crippen LogP contribution in [0.1, 0.15) is 36.2 Å². The summed E-state index contributed by atoms with van der Waals surface area (Å²) in [6.45, 7) is 4.58. The molecule has 0 fully saturated rings. The van der Waals surface area contributed by atoms with Gasteiger partial charge in [-0.1, -0.05) is 25.2 Å². The molecule has 0 radical (unpaired) electrons. The maximum Gasteiger partial charge on any atom is 0.185 e. The molecule has 6 heteroatoms. The lowest BCUT2D eigenvalue weighted by Gasteiger charge is -2.07. The summed E-state index contributed by atoms with van der Waals surface area (Å²) in [6.07, 6.45) is 2.11. The van der Waals surface area contributed by atoms with E-state index in [0.29, 0.717) is 36.0 Å². The molecule has 0 amide bonds. The van der Waals surface area contributed by atoms with E-state index >= 15 is 0 Å². The molecular weight excluding hydrogens is 272 g/mol. The van der Waals surface area contributed by atoms with Crippen molar-refractivity contribution < 1.29 is 17.9 Å². The largest absolute Gasteiger partial charge is 0.483 e. The number of rotatable bonds is 4. The van der Waals surface area contributed by atoms with Gasteiger partial charge in [-0.25, -0.2) is 8.42 Å². The van der Waals surface area contributed by atoms with Crippen LogP contribution in [0.2, 0.25) is 0 Å². The van der Waals surface area contributed by atoms with E-state index in [1.807, 2.05) is 13.8 Å². The minimum absolute atomic E-state index is 0.0823. The molecular formula is C12H16O4S2. The summed E-state index contributed by atoms with van der Waals surface area (Å²) in [7, 11) is -3.36. The van der Waals surface area contributed by atoms with Gasteiger partial charge in [-0.3, -0.25) is 4.79 Å². The molecule has 1 aliphatic carbocycles. The summed E-state index contributed by atoms with van der Waals surface area (Å²) in [5.41, 5.74) is 1.16. The molecule has 100 valence electrons. The molecule has 0 saturated heterocycles. The van der Waals surface area contributed by atoms with E-state index in [9.17, 15) is 13.2 Å². The van der Waals surface area contributed by atoms with Gasteiger partial charge in [-0.05, 0) is 12.3 Å². The van der Waals surface area contributed by atoms with E-state index in [4.69, 9.17) is 4.74 Å². The number of fused-ring (bicyclic) bond motifs is 1. The second-order valence-corrected chi connectivity index (χ2v) is 8.12. The third kappa shape index (κ3) is 2.44. The van der Waals surface area contributed by atoms with Gasteiger partial charge in [0.1, 0.15) is 4.21 Å². The molecule has 0 N–H and O–H groups in total. The Bertz CT molecular complexity index is 581. The van der Waals surface area contributed by atoms with Crippen LogP contribution in [0.5, 0.6) is 5.06 Å². The van der Waals surface area contributed by atoms with Gasteiger partial charge in [0.25, 0.3) is 0 Å². The van der Waals surface area contributed by atoms with Gasteiger partial charge in [0.15, 0.2) is 20.7 Å². The molecule has 0 atom stereocenters. The summed E-state index contributed by atoms with van der Waals surface area (Å²) in [5, 5.41) is 0.602. The van der Waals surface area contributed by atoms with Gasteiger partial charge in [0.05, 0.1) is 12.2 Å². The lowest BCUT2D eigenvalue weighted by atomic mass is 10.2. The van der Waals surface area contributed by atoms with Crippen molar-refractivity contribution in [2.45, 2.75) is 30.9 Å². The number of hydrogen-bond donors (Lipinski definition) is 0. The predicted molar refractivity (Wildman–Crippen MR) is 70.4 cm³/mol. The number of ketones is 1. The number of ether oxygens (including phenoxy) is 1. The number of carbonyl (C=O) groups excluding carboxylic acids is 1. The first kappa shape index (κ1) is 13.5. The molecule has 0 bridgehead atoms. The quantitative estimate of drug-likeness (QED) is 0.853. The Morgan fingerprint density at radius 1 is 1.33 bits per heavy atom. The minimum Gasteiger partial charge on any atom is -0.483 e. The van der Waals surface area contributed by atoms with E-state index < -0.39 is 9.84 Å². The first-order chi connectivity index (χ1) is 8.30. The average molecular weight is 288 g/mol. The molecule has 0 unspecified atom stereocenters. The molecule has 1 aromatic heterocycles. The highest BCUT2D eigenvalue weighted by atomic mass is 32.2. The van der Waals surface area contributed by atoms with Gasteiger partial charge >= 0.3 is 0 Å². The van der Waals surface area contributed by atoms with Crippen molar-refractivity contribution in [1.29, 1.82) is 0 Å². The SMILES string of the molecule is CC(C)COc1sc(S(C)(=O)=O)c2c1CCC2=O. The lowest BCUT2D eigenvalue weighted by molar-refractivity contribution is 0.0992. The Labute approximate surface area is 111 Å². The molecule has 1 heterocycles. The fraction of sp³-hybridized carbons (Fsp3) is 0.583. The van der Waals surface area contributed by atoms with Gasteiger partial charge < -0.3 is 4.74 Å². The van der Waals surface area contributed by atoms with Crippen LogP contribution in [0.25, 0.3) is 0 Å². The zero-order valence-electron chi connectivity index (χ0n) is 10.6. The van der Waals surface area contributed by atoms with E-state index in [1.165, 1.54) is 0 Å². The van der Waals surface area contributed by atoms with Crippen molar-refractivity contribution in [3.05, 3.63) is 11.1 Å². The Morgan fingerprint density at radius 2 is 2.00 bits per heavy atom. The molecule has 1 aromatic rings. The molecule has 2 rings (SSSR count). The number of thiophene rings is 1. The standard InChI is InChI=1S/C12H16O4S2/c1-7(2)6-16-11-8-4-5-9(13)10(8)12(17-11)18(3,14)15/h7H,4-6H2,1-3H3. The number of carbonyl (C=O) groups is 1. The monoisotopic (exact) mass is 288 g/mol. The third-order valence-electron chi connectivity index (χ3n) is 2.70. The van der Waals surface area contributed by atoms with Crippen molar-refractivity contribution in [1.82, 2.24) is 0 Å². The van der Waals surface area contributed by atoms with Crippen LogP contribution in [0.15, 0.2) is 4.21 Å². The van der Waals surface area contributed by atoms with Gasteiger partial charge in [-0.2, -0.15) is 0 Å². The van der Waals surface area contributed by atoms with E-state index in [2.05, 4.69) is 0 Å². The molecule has 4 nitrogen and oxygen atoms in total. The number of Topliss-reactive ketones (excluding diaryl/α,β-unsaturated/α-hetero) is 1. The topological polar surface area (TPSA) is 60.4 Å². The molecule has 18 heavy (non-hydrogen) atoms. The normalized spacial score (nSPS) is 15.2. The zero-order valence-corrected chi connectivity index (χ0v) is 12.3. The van der Waals surface area contributed by atoms with Gasteiger partial charge in [0.2, 0.25) is 0 Å².